The van der Waals surface area contributed by atoms with Crippen LogP contribution >= 0.6 is 0 Å². The van der Waals surface area contributed by atoms with E-state index in [0.29, 0.717) is 0 Å². The molecule has 0 spiro atoms. The number of nitriles is 1. The molecule has 0 heterocycles. The third kappa shape index (κ3) is 3.56. The SMILES string of the molecule is CCOC(=O)[C@@H](C#N)NC(C)=O. The normalized spacial score (nSPS) is 11.1. The minimum absolute atomic E-state index is 0.191. The van der Waals surface area contributed by atoms with Crippen molar-refractivity contribution in [3.63, 3.8) is 0 Å². The molecule has 1 atom stereocenters. The van der Waals surface area contributed by atoms with E-state index in [1.54, 1.807) is 13.0 Å². The molecule has 0 saturated heterocycles. The van der Waals surface area contributed by atoms with Crippen LogP contribution in [0.25, 0.3) is 0 Å². The highest BCUT2D eigenvalue weighted by Crippen LogP contribution is 1.87. The van der Waals surface area contributed by atoms with Crippen LogP contribution in [-0.4, -0.2) is 24.5 Å². The highest BCUT2D eigenvalue weighted by molar-refractivity contribution is 5.85. The zero-order chi connectivity index (χ0) is 9.56. The van der Waals surface area contributed by atoms with Crippen LogP contribution in [0.4, 0.5) is 0 Å². The van der Waals surface area contributed by atoms with Crippen LogP contribution < -0.4 is 5.32 Å². The monoisotopic (exact) mass is 170 g/mol. The quantitative estimate of drug-likeness (QED) is 0.583. The standard InChI is InChI=1S/C7H10N2O3/c1-3-12-7(11)6(4-8)9-5(2)10/h6H,3H2,1-2H3,(H,9,10)/t6-/m1/s1. The Kier molecular flexibility index (Phi) is 4.46. The average molecular weight is 170 g/mol. The molecule has 0 rings (SSSR count). The number of ether oxygens (including phenoxy) is 1. The van der Waals surface area contributed by atoms with Crippen molar-refractivity contribution < 1.29 is 14.3 Å². The van der Waals surface area contributed by atoms with Crippen LogP contribution in [0.3, 0.4) is 0 Å². The largest absolute Gasteiger partial charge is 0.464 e. The van der Waals surface area contributed by atoms with Crippen molar-refractivity contribution in [2.75, 3.05) is 6.61 Å². The molecule has 0 unspecified atom stereocenters. The lowest BCUT2D eigenvalue weighted by Gasteiger charge is -2.07. The lowest BCUT2D eigenvalue weighted by Crippen LogP contribution is -2.39. The minimum atomic E-state index is -1.19. The molecule has 5 heteroatoms. The number of nitrogens with zero attached hydrogens (tertiary/aromatic N) is 1. The van der Waals surface area contributed by atoms with E-state index in [9.17, 15) is 9.59 Å². The summed E-state index contributed by atoms with van der Waals surface area (Å²) in [6.45, 7) is 3.04. The number of carbonyl (C=O) groups excluding carboxylic acids is 2. The maximum atomic E-state index is 10.9. The summed E-state index contributed by atoms with van der Waals surface area (Å²) >= 11 is 0. The van der Waals surface area contributed by atoms with E-state index in [4.69, 9.17) is 5.26 Å². The Morgan fingerprint density at radius 1 is 1.67 bits per heavy atom. The summed E-state index contributed by atoms with van der Waals surface area (Å²) in [5.74, 6) is -1.16. The summed E-state index contributed by atoms with van der Waals surface area (Å²) in [6, 6.07) is 0.419. The molecule has 0 aliphatic heterocycles. The number of nitrogens with one attached hydrogen (secondary N) is 1. The van der Waals surface area contributed by atoms with Gasteiger partial charge in [0.15, 0.2) is 0 Å². The van der Waals surface area contributed by atoms with Gasteiger partial charge in [-0.15, -0.1) is 0 Å². The molecule has 0 radical (unpaired) electrons. The van der Waals surface area contributed by atoms with Crippen molar-refractivity contribution in [3.8, 4) is 6.07 Å². The van der Waals surface area contributed by atoms with E-state index < -0.39 is 17.9 Å². The van der Waals surface area contributed by atoms with Crippen LogP contribution in [0.15, 0.2) is 0 Å². The molecule has 12 heavy (non-hydrogen) atoms. The molecule has 0 aromatic carbocycles. The molecule has 1 N–H and O–H groups in total. The molecule has 0 saturated carbocycles. The average Bonchev–Trinajstić information content (AvgIpc) is 2.00. The molecule has 0 aromatic heterocycles. The summed E-state index contributed by atoms with van der Waals surface area (Å²) in [7, 11) is 0. The van der Waals surface area contributed by atoms with Gasteiger partial charge in [-0.1, -0.05) is 0 Å². The van der Waals surface area contributed by atoms with Crippen molar-refractivity contribution in [2.45, 2.75) is 19.9 Å². The molecule has 0 aliphatic rings. The summed E-state index contributed by atoms with van der Waals surface area (Å²) in [6.07, 6.45) is 0. The van der Waals surface area contributed by atoms with E-state index >= 15 is 0 Å². The Morgan fingerprint density at radius 2 is 2.25 bits per heavy atom. The molecular formula is C7H10N2O3. The van der Waals surface area contributed by atoms with Crippen LogP contribution in [0.1, 0.15) is 13.8 Å². The zero-order valence-corrected chi connectivity index (χ0v) is 6.96. The van der Waals surface area contributed by atoms with E-state index in [-0.39, 0.29) is 6.61 Å². The number of hydrogen-bond donors (Lipinski definition) is 1. The summed E-state index contributed by atoms with van der Waals surface area (Å²) in [5, 5.41) is 10.5. The fourth-order valence-corrected chi connectivity index (χ4v) is 0.573. The van der Waals surface area contributed by atoms with Crippen LogP contribution in [0.5, 0.6) is 0 Å². The summed E-state index contributed by atoms with van der Waals surface area (Å²) in [5.41, 5.74) is 0. The molecule has 0 bridgehead atoms. The van der Waals surface area contributed by atoms with E-state index in [1.807, 2.05) is 0 Å². The van der Waals surface area contributed by atoms with E-state index in [2.05, 4.69) is 10.1 Å². The first-order valence-corrected chi connectivity index (χ1v) is 3.45. The van der Waals surface area contributed by atoms with Gasteiger partial charge in [-0.25, -0.2) is 4.79 Å². The zero-order valence-electron chi connectivity index (χ0n) is 6.96. The fraction of sp³-hybridized carbons (Fsp3) is 0.571. The Bertz CT molecular complexity index is 219. The molecule has 66 valence electrons. The highest BCUT2D eigenvalue weighted by atomic mass is 16.5. The smallest absolute Gasteiger partial charge is 0.343 e. The third-order valence-electron chi connectivity index (χ3n) is 0.999. The number of amides is 1. The van der Waals surface area contributed by atoms with Gasteiger partial charge in [0.25, 0.3) is 0 Å². The van der Waals surface area contributed by atoms with Crippen LogP contribution in [-0.2, 0) is 14.3 Å². The van der Waals surface area contributed by atoms with Gasteiger partial charge >= 0.3 is 5.97 Å². The number of esters is 1. The number of rotatable bonds is 3. The molecular weight excluding hydrogens is 160 g/mol. The minimum Gasteiger partial charge on any atom is -0.464 e. The van der Waals surface area contributed by atoms with Crippen LogP contribution in [0.2, 0.25) is 0 Å². The van der Waals surface area contributed by atoms with Gasteiger partial charge in [0.1, 0.15) is 0 Å². The first kappa shape index (κ1) is 10.4. The number of hydrogen-bond acceptors (Lipinski definition) is 4. The Labute approximate surface area is 70.3 Å². The predicted octanol–water partition coefficient (Wildman–Crippen LogP) is -0.422. The summed E-state index contributed by atoms with van der Waals surface area (Å²) in [4.78, 5) is 21.3. The molecule has 5 nitrogen and oxygen atoms in total. The van der Waals surface area contributed by atoms with Crippen molar-refractivity contribution in [3.05, 3.63) is 0 Å². The summed E-state index contributed by atoms with van der Waals surface area (Å²) < 4.78 is 4.52. The lowest BCUT2D eigenvalue weighted by atomic mass is 10.3. The first-order chi connectivity index (χ1) is 5.61. The topological polar surface area (TPSA) is 79.2 Å². The second-order valence-corrected chi connectivity index (χ2v) is 2.01. The van der Waals surface area contributed by atoms with Gasteiger partial charge in [0.2, 0.25) is 11.9 Å². The van der Waals surface area contributed by atoms with Gasteiger partial charge in [0, 0.05) is 6.92 Å². The van der Waals surface area contributed by atoms with Gasteiger partial charge in [0.05, 0.1) is 12.7 Å². The third-order valence-corrected chi connectivity index (χ3v) is 0.999. The predicted molar refractivity (Wildman–Crippen MR) is 39.9 cm³/mol. The van der Waals surface area contributed by atoms with Crippen molar-refractivity contribution >= 4 is 11.9 Å². The fourth-order valence-electron chi connectivity index (χ4n) is 0.573. The van der Waals surface area contributed by atoms with Crippen LogP contribution in [0, 0.1) is 11.3 Å². The van der Waals surface area contributed by atoms with Crippen molar-refractivity contribution in [1.82, 2.24) is 5.32 Å². The van der Waals surface area contributed by atoms with Gasteiger partial charge in [-0.3, -0.25) is 4.79 Å². The maximum Gasteiger partial charge on any atom is 0.343 e. The Balaban J connectivity index is 4.08. The number of carbonyl (C=O) groups is 2. The Hall–Kier alpha value is -1.57. The second-order valence-electron chi connectivity index (χ2n) is 2.01. The maximum absolute atomic E-state index is 10.9. The van der Waals surface area contributed by atoms with E-state index in [1.165, 1.54) is 6.92 Å². The van der Waals surface area contributed by atoms with Crippen molar-refractivity contribution in [2.24, 2.45) is 0 Å². The highest BCUT2D eigenvalue weighted by Gasteiger charge is 2.19. The first-order valence-electron chi connectivity index (χ1n) is 3.45. The van der Waals surface area contributed by atoms with E-state index in [0.717, 1.165) is 0 Å². The molecule has 0 aliphatic carbocycles. The van der Waals surface area contributed by atoms with Gasteiger partial charge in [-0.05, 0) is 6.92 Å². The molecule has 0 fully saturated rings. The second kappa shape index (κ2) is 5.13. The molecule has 0 aromatic rings. The Morgan fingerprint density at radius 3 is 2.58 bits per heavy atom. The lowest BCUT2D eigenvalue weighted by molar-refractivity contribution is -0.145. The van der Waals surface area contributed by atoms with Gasteiger partial charge in [-0.2, -0.15) is 5.26 Å². The van der Waals surface area contributed by atoms with Crippen molar-refractivity contribution in [1.29, 1.82) is 5.26 Å². The molecule has 1 amide bonds. The van der Waals surface area contributed by atoms with Gasteiger partial charge < -0.3 is 10.1 Å².